The fourth-order valence-electron chi connectivity index (χ4n) is 2.35. The van der Waals surface area contributed by atoms with Crippen LogP contribution < -0.4 is 14.8 Å². The van der Waals surface area contributed by atoms with Crippen LogP contribution >= 0.6 is 23.2 Å². The first kappa shape index (κ1) is 18.1. The predicted molar refractivity (Wildman–Crippen MR) is 102 cm³/mol. The molecule has 0 bridgehead atoms. The number of ether oxygens (including phenoxy) is 2. The minimum absolute atomic E-state index is 0.297. The van der Waals surface area contributed by atoms with Crippen molar-refractivity contribution in [1.82, 2.24) is 10.2 Å². The van der Waals surface area contributed by atoms with Crippen LogP contribution in [0.15, 0.2) is 42.5 Å². The summed E-state index contributed by atoms with van der Waals surface area (Å²) >= 11 is 12.0. The second-order valence-corrected chi connectivity index (χ2v) is 6.16. The van der Waals surface area contributed by atoms with Crippen LogP contribution in [0.1, 0.15) is 10.5 Å². The maximum absolute atomic E-state index is 12.5. The lowest BCUT2D eigenvalue weighted by atomic mass is 10.1. The number of aromatic amines is 1. The minimum atomic E-state index is -0.375. The van der Waals surface area contributed by atoms with Crippen molar-refractivity contribution < 1.29 is 14.3 Å². The van der Waals surface area contributed by atoms with Gasteiger partial charge in [-0.15, -0.1) is 0 Å². The van der Waals surface area contributed by atoms with Gasteiger partial charge in [0.15, 0.2) is 0 Å². The maximum Gasteiger partial charge on any atom is 0.273 e. The number of amides is 1. The standard InChI is InChI=1S/C18H15Cl2N3O3/c1-25-16-9-14(17(26-2)7-12(16)20)21-18(24)15-8-13(22-23-15)10-3-5-11(19)6-4-10/h3-9H,1-2H3,(H,21,24)(H,22,23). The van der Waals surface area contributed by atoms with Crippen LogP contribution in [0.2, 0.25) is 10.0 Å². The minimum Gasteiger partial charge on any atom is -0.495 e. The molecule has 26 heavy (non-hydrogen) atoms. The lowest BCUT2D eigenvalue weighted by Gasteiger charge is -2.12. The Balaban J connectivity index is 1.84. The molecule has 8 heteroatoms. The third-order valence-corrected chi connectivity index (χ3v) is 4.23. The van der Waals surface area contributed by atoms with Gasteiger partial charge in [-0.25, -0.2) is 0 Å². The number of aromatic nitrogens is 2. The van der Waals surface area contributed by atoms with E-state index in [4.69, 9.17) is 32.7 Å². The van der Waals surface area contributed by atoms with Crippen molar-refractivity contribution in [3.8, 4) is 22.8 Å². The number of hydrogen-bond acceptors (Lipinski definition) is 4. The molecule has 0 fully saturated rings. The Morgan fingerprint density at radius 3 is 2.38 bits per heavy atom. The summed E-state index contributed by atoms with van der Waals surface area (Å²) in [6, 6.07) is 12.0. The topological polar surface area (TPSA) is 76.2 Å². The highest BCUT2D eigenvalue weighted by Gasteiger charge is 2.16. The summed E-state index contributed by atoms with van der Waals surface area (Å²) in [6.45, 7) is 0. The molecule has 1 heterocycles. The molecule has 0 aliphatic heterocycles. The van der Waals surface area contributed by atoms with Crippen molar-refractivity contribution in [2.24, 2.45) is 0 Å². The van der Waals surface area contributed by atoms with E-state index in [1.807, 2.05) is 12.1 Å². The molecule has 0 saturated carbocycles. The summed E-state index contributed by atoms with van der Waals surface area (Å²) in [5.41, 5.74) is 2.20. The fraction of sp³-hybridized carbons (Fsp3) is 0.111. The number of hydrogen-bond donors (Lipinski definition) is 2. The summed E-state index contributed by atoms with van der Waals surface area (Å²) in [5, 5.41) is 10.7. The van der Waals surface area contributed by atoms with Gasteiger partial charge in [0.05, 0.1) is 30.6 Å². The SMILES string of the molecule is COc1cc(NC(=O)c2cc(-c3ccc(Cl)cc3)n[nH]2)c(OC)cc1Cl. The van der Waals surface area contributed by atoms with E-state index in [1.54, 1.807) is 30.3 Å². The van der Waals surface area contributed by atoms with Crippen LogP contribution in [0.5, 0.6) is 11.5 Å². The molecule has 0 saturated heterocycles. The number of nitrogens with zero attached hydrogens (tertiary/aromatic N) is 1. The molecule has 0 unspecified atom stereocenters. The van der Waals surface area contributed by atoms with Crippen molar-refractivity contribution in [3.63, 3.8) is 0 Å². The van der Waals surface area contributed by atoms with Crippen molar-refractivity contribution in [2.45, 2.75) is 0 Å². The Morgan fingerprint density at radius 2 is 1.73 bits per heavy atom. The molecule has 3 rings (SSSR count). The van der Waals surface area contributed by atoms with Gasteiger partial charge in [-0.05, 0) is 18.2 Å². The summed E-state index contributed by atoms with van der Waals surface area (Å²) in [5.74, 6) is 0.469. The van der Waals surface area contributed by atoms with E-state index < -0.39 is 0 Å². The van der Waals surface area contributed by atoms with E-state index in [9.17, 15) is 4.79 Å². The molecule has 0 aliphatic rings. The predicted octanol–water partition coefficient (Wildman–Crippen LogP) is 4.65. The smallest absolute Gasteiger partial charge is 0.273 e. The van der Waals surface area contributed by atoms with E-state index in [1.165, 1.54) is 14.2 Å². The Kier molecular flexibility index (Phi) is 5.35. The average Bonchev–Trinajstić information content (AvgIpc) is 3.13. The Morgan fingerprint density at radius 1 is 1.04 bits per heavy atom. The molecule has 1 aromatic heterocycles. The lowest BCUT2D eigenvalue weighted by molar-refractivity contribution is 0.102. The number of benzene rings is 2. The van der Waals surface area contributed by atoms with Crippen molar-refractivity contribution in [2.75, 3.05) is 19.5 Å². The van der Waals surface area contributed by atoms with E-state index in [0.717, 1.165) is 5.56 Å². The molecule has 0 radical (unpaired) electrons. The maximum atomic E-state index is 12.5. The Bertz CT molecular complexity index is 939. The molecule has 134 valence electrons. The fourth-order valence-corrected chi connectivity index (χ4v) is 2.71. The zero-order chi connectivity index (χ0) is 18.7. The number of halogens is 2. The van der Waals surface area contributed by atoms with E-state index in [0.29, 0.717) is 38.6 Å². The van der Waals surface area contributed by atoms with Crippen molar-refractivity contribution >= 4 is 34.8 Å². The van der Waals surface area contributed by atoms with Crippen LogP contribution in [0.3, 0.4) is 0 Å². The number of methoxy groups -OCH3 is 2. The van der Waals surface area contributed by atoms with E-state index in [2.05, 4.69) is 15.5 Å². The third-order valence-electron chi connectivity index (χ3n) is 3.68. The quantitative estimate of drug-likeness (QED) is 0.663. The van der Waals surface area contributed by atoms with Crippen molar-refractivity contribution in [3.05, 3.63) is 58.2 Å². The van der Waals surface area contributed by atoms with Gasteiger partial charge in [0, 0.05) is 22.7 Å². The van der Waals surface area contributed by atoms with Crippen LogP contribution in [0.4, 0.5) is 5.69 Å². The molecular formula is C18H15Cl2N3O3. The van der Waals surface area contributed by atoms with Gasteiger partial charge >= 0.3 is 0 Å². The molecule has 3 aromatic rings. The first-order valence-electron chi connectivity index (χ1n) is 7.56. The number of H-pyrrole nitrogens is 1. The van der Waals surface area contributed by atoms with E-state index >= 15 is 0 Å². The molecule has 0 spiro atoms. The monoisotopic (exact) mass is 391 g/mol. The van der Waals surface area contributed by atoms with Crippen LogP contribution in [-0.2, 0) is 0 Å². The molecule has 0 atom stereocenters. The first-order valence-corrected chi connectivity index (χ1v) is 8.31. The first-order chi connectivity index (χ1) is 12.5. The average molecular weight is 392 g/mol. The van der Waals surface area contributed by atoms with Gasteiger partial charge in [0.1, 0.15) is 17.2 Å². The zero-order valence-corrected chi connectivity index (χ0v) is 15.5. The van der Waals surface area contributed by atoms with E-state index in [-0.39, 0.29) is 5.91 Å². The van der Waals surface area contributed by atoms with Gasteiger partial charge in [-0.2, -0.15) is 5.10 Å². The van der Waals surface area contributed by atoms with Crippen LogP contribution in [0, 0.1) is 0 Å². The second-order valence-electron chi connectivity index (χ2n) is 5.31. The zero-order valence-electron chi connectivity index (χ0n) is 14.0. The summed E-state index contributed by atoms with van der Waals surface area (Å²) in [7, 11) is 2.98. The molecule has 6 nitrogen and oxygen atoms in total. The van der Waals surface area contributed by atoms with Gasteiger partial charge in [-0.1, -0.05) is 35.3 Å². The van der Waals surface area contributed by atoms with Gasteiger partial charge in [0.2, 0.25) is 0 Å². The Labute approximate surface area is 160 Å². The highest BCUT2D eigenvalue weighted by molar-refractivity contribution is 6.32. The second kappa shape index (κ2) is 7.68. The summed E-state index contributed by atoms with van der Waals surface area (Å²) in [6.07, 6.45) is 0. The van der Waals surface area contributed by atoms with Crippen molar-refractivity contribution in [1.29, 1.82) is 0 Å². The lowest BCUT2D eigenvalue weighted by Crippen LogP contribution is -2.13. The highest BCUT2D eigenvalue weighted by atomic mass is 35.5. The number of rotatable bonds is 5. The van der Waals surface area contributed by atoms with Gasteiger partial charge < -0.3 is 14.8 Å². The normalized spacial score (nSPS) is 10.5. The van der Waals surface area contributed by atoms with Gasteiger partial charge in [0.25, 0.3) is 5.91 Å². The summed E-state index contributed by atoms with van der Waals surface area (Å²) < 4.78 is 10.4. The number of nitrogens with one attached hydrogen (secondary N) is 2. The molecule has 1 amide bonds. The highest BCUT2D eigenvalue weighted by Crippen LogP contribution is 2.36. The van der Waals surface area contributed by atoms with Crippen LogP contribution in [0.25, 0.3) is 11.3 Å². The third kappa shape index (κ3) is 3.76. The summed E-state index contributed by atoms with van der Waals surface area (Å²) in [4.78, 5) is 12.5. The molecule has 2 N–H and O–H groups in total. The largest absolute Gasteiger partial charge is 0.495 e. The number of carbonyl (C=O) groups is 1. The Hall–Kier alpha value is -2.70. The molecule has 2 aromatic carbocycles. The van der Waals surface area contributed by atoms with Crippen LogP contribution in [-0.4, -0.2) is 30.3 Å². The number of anilines is 1. The number of carbonyl (C=O) groups excluding carboxylic acids is 1. The molecular weight excluding hydrogens is 377 g/mol. The van der Waals surface area contributed by atoms with Gasteiger partial charge in [-0.3, -0.25) is 9.89 Å². The molecule has 0 aliphatic carbocycles.